The van der Waals surface area contributed by atoms with Crippen molar-refractivity contribution in [1.82, 2.24) is 0 Å². The van der Waals surface area contributed by atoms with Crippen LogP contribution in [-0.2, 0) is 9.84 Å². The third kappa shape index (κ3) is 30.1. The van der Waals surface area contributed by atoms with Gasteiger partial charge in [0, 0.05) is 11.6 Å². The van der Waals surface area contributed by atoms with Gasteiger partial charge in [0.2, 0.25) is 9.84 Å². The summed E-state index contributed by atoms with van der Waals surface area (Å²) >= 11 is 0. The molecule has 0 aliphatic rings. The van der Waals surface area contributed by atoms with Crippen molar-refractivity contribution >= 4 is 22.0 Å². The summed E-state index contributed by atoms with van der Waals surface area (Å²) in [7, 11) is -3.78. The molecule has 0 saturated heterocycles. The van der Waals surface area contributed by atoms with Gasteiger partial charge >= 0.3 is 0 Å². The zero-order chi connectivity index (χ0) is 46.0. The minimum atomic E-state index is -3.78. The first-order valence-electron chi connectivity index (χ1n) is 27.5. The summed E-state index contributed by atoms with van der Waals surface area (Å²) in [6.45, 7) is 8.13. The maximum absolute atomic E-state index is 13.1. The third-order valence-electron chi connectivity index (χ3n) is 13.1. The van der Waals surface area contributed by atoms with Crippen LogP contribution in [0.25, 0.3) is 12.2 Å². The molecule has 2 aromatic rings. The Morgan fingerprint density at radius 3 is 1.20 bits per heavy atom. The predicted octanol–water partition coefficient (Wildman–Crippen LogP) is 18.6. The van der Waals surface area contributed by atoms with E-state index in [9.17, 15) is 13.5 Å². The summed E-state index contributed by atoms with van der Waals surface area (Å²) < 4.78 is 38.8. The first-order valence-corrected chi connectivity index (χ1v) is 29.1. The van der Waals surface area contributed by atoms with E-state index in [1.165, 1.54) is 193 Å². The molecule has 2 aromatic carbocycles. The van der Waals surface area contributed by atoms with Gasteiger partial charge in [0.25, 0.3) is 0 Å². The molecule has 5 nitrogen and oxygen atoms in total. The molecular formula is C58H100O5S. The lowest BCUT2D eigenvalue weighted by Crippen LogP contribution is -2.20. The first-order chi connectivity index (χ1) is 31.4. The van der Waals surface area contributed by atoms with E-state index in [4.69, 9.17) is 9.47 Å². The summed E-state index contributed by atoms with van der Waals surface area (Å²) in [5.74, 6) is 1.67. The van der Waals surface area contributed by atoms with E-state index in [-0.39, 0.29) is 11.3 Å². The molecule has 64 heavy (non-hydrogen) atoms. The van der Waals surface area contributed by atoms with Crippen molar-refractivity contribution in [2.45, 2.75) is 275 Å². The lowest BCUT2D eigenvalue weighted by Gasteiger charge is -2.13. The molecule has 0 bridgehead atoms. The van der Waals surface area contributed by atoms with Gasteiger partial charge in [-0.15, -0.1) is 0 Å². The van der Waals surface area contributed by atoms with E-state index < -0.39 is 15.3 Å². The fourth-order valence-corrected chi connectivity index (χ4v) is 10.0. The summed E-state index contributed by atoms with van der Waals surface area (Å²) in [4.78, 5) is 0.166. The Bertz CT molecular complexity index is 1470. The minimum absolute atomic E-state index is 0.166. The third-order valence-corrected chi connectivity index (χ3v) is 15.0. The van der Waals surface area contributed by atoms with Crippen molar-refractivity contribution in [2.24, 2.45) is 0 Å². The maximum Gasteiger partial charge on any atom is 0.204 e. The highest BCUT2D eigenvalue weighted by atomic mass is 32.2. The number of sulfone groups is 1. The lowest BCUT2D eigenvalue weighted by molar-refractivity contribution is 0.233. The topological polar surface area (TPSA) is 72.8 Å². The molecule has 0 aromatic heterocycles. The summed E-state index contributed by atoms with van der Waals surface area (Å²) in [5, 5.41) is 10.5. The van der Waals surface area contributed by atoms with Crippen LogP contribution in [0.3, 0.4) is 0 Å². The highest BCUT2D eigenvalue weighted by molar-refractivity contribution is 7.91. The van der Waals surface area contributed by atoms with E-state index in [0.29, 0.717) is 13.0 Å². The smallest absolute Gasteiger partial charge is 0.204 e. The molecule has 0 fully saturated rings. The van der Waals surface area contributed by atoms with Crippen molar-refractivity contribution in [3.63, 3.8) is 0 Å². The standard InChI is InChI=1S/C58H100O5S/c1-4-7-10-13-15-17-19-21-23-25-27-29-31-33-36-39-50-62-55-47-46-54(45-42-53-43-48-56(49-44-53)64(60,61)58(59)41-38-35-12-9-6-3)57(52-55)63-51-40-37-34-32-30-28-26-24-22-20-18-16-14-11-8-5-2/h42-49,52,58-59H,4-41,50-51H2,1-3H3. The molecule has 0 aliphatic carbocycles. The Hall–Kier alpha value is -2.31. The number of aliphatic hydroxyl groups is 1. The zero-order valence-electron chi connectivity index (χ0n) is 42.0. The maximum atomic E-state index is 13.1. The van der Waals surface area contributed by atoms with Gasteiger partial charge < -0.3 is 14.6 Å². The summed E-state index contributed by atoms with van der Waals surface area (Å²) in [6, 6.07) is 13.0. The van der Waals surface area contributed by atoms with Crippen molar-refractivity contribution in [3.8, 4) is 11.5 Å². The molecule has 1 N–H and O–H groups in total. The number of aliphatic hydroxyl groups excluding tert-OH is 1. The van der Waals surface area contributed by atoms with Crippen LogP contribution in [0.1, 0.15) is 276 Å². The van der Waals surface area contributed by atoms with Crippen molar-refractivity contribution in [3.05, 3.63) is 53.6 Å². The van der Waals surface area contributed by atoms with Gasteiger partial charge in [-0.1, -0.05) is 263 Å². The van der Waals surface area contributed by atoms with E-state index in [1.807, 2.05) is 36.4 Å². The molecule has 0 spiro atoms. The van der Waals surface area contributed by atoms with E-state index in [2.05, 4.69) is 26.8 Å². The van der Waals surface area contributed by atoms with Crippen molar-refractivity contribution < 1.29 is 23.0 Å². The Balaban J connectivity index is 1.79. The van der Waals surface area contributed by atoms with Crippen LogP contribution in [0.5, 0.6) is 11.5 Å². The van der Waals surface area contributed by atoms with Gasteiger partial charge in [0.05, 0.1) is 18.1 Å². The van der Waals surface area contributed by atoms with Crippen LogP contribution in [0.4, 0.5) is 0 Å². The van der Waals surface area contributed by atoms with Gasteiger partial charge in [-0.3, -0.25) is 0 Å². The van der Waals surface area contributed by atoms with Crippen LogP contribution in [-0.4, -0.2) is 32.2 Å². The van der Waals surface area contributed by atoms with E-state index in [0.717, 1.165) is 67.8 Å². The molecule has 0 aliphatic heterocycles. The highest BCUT2D eigenvalue weighted by Crippen LogP contribution is 2.29. The number of hydrogen-bond acceptors (Lipinski definition) is 5. The molecule has 0 heterocycles. The van der Waals surface area contributed by atoms with Gasteiger partial charge in [0.1, 0.15) is 11.5 Å². The molecular weight excluding hydrogens is 809 g/mol. The SMILES string of the molecule is CCCCCCCCCCCCCCCCCCOc1ccc(C=Cc2ccc(S(=O)(=O)C(O)CCCCCCC)cc2)c(OCCCCCCCCCCCCCCCCCC)c1. The van der Waals surface area contributed by atoms with E-state index in [1.54, 1.807) is 12.1 Å². The van der Waals surface area contributed by atoms with Crippen molar-refractivity contribution in [2.75, 3.05) is 13.2 Å². The van der Waals surface area contributed by atoms with Gasteiger partial charge in [0.15, 0.2) is 5.44 Å². The van der Waals surface area contributed by atoms with Gasteiger partial charge in [-0.25, -0.2) is 8.42 Å². The lowest BCUT2D eigenvalue weighted by atomic mass is 10.0. The minimum Gasteiger partial charge on any atom is -0.493 e. The molecule has 0 radical (unpaired) electrons. The molecule has 368 valence electrons. The number of ether oxygens (including phenoxy) is 2. The molecule has 2 rings (SSSR count). The normalized spacial score (nSPS) is 12.4. The summed E-state index contributed by atoms with van der Waals surface area (Å²) in [5.41, 5.74) is 0.497. The Kier molecular flexibility index (Phi) is 37.0. The second kappa shape index (κ2) is 40.9. The number of benzene rings is 2. The second-order valence-corrected chi connectivity index (χ2v) is 21.2. The van der Waals surface area contributed by atoms with E-state index >= 15 is 0 Å². The molecule has 6 heteroatoms. The fraction of sp³-hybridized carbons (Fsp3) is 0.759. The Morgan fingerprint density at radius 1 is 0.438 bits per heavy atom. The molecule has 0 amide bonds. The predicted molar refractivity (Wildman–Crippen MR) is 278 cm³/mol. The quantitative estimate of drug-likeness (QED) is 0.0529. The average molecular weight is 909 g/mol. The first kappa shape index (κ1) is 57.8. The number of hydrogen-bond donors (Lipinski definition) is 1. The van der Waals surface area contributed by atoms with Crippen LogP contribution in [0.2, 0.25) is 0 Å². The number of rotatable bonds is 46. The average Bonchev–Trinajstić information content (AvgIpc) is 3.30. The Labute approximate surface area is 396 Å². The van der Waals surface area contributed by atoms with Crippen LogP contribution in [0.15, 0.2) is 47.4 Å². The van der Waals surface area contributed by atoms with Crippen molar-refractivity contribution in [1.29, 1.82) is 0 Å². The largest absolute Gasteiger partial charge is 0.493 e. The van der Waals surface area contributed by atoms with Crippen LogP contribution >= 0.6 is 0 Å². The van der Waals surface area contributed by atoms with Gasteiger partial charge in [-0.05, 0) is 55.5 Å². The zero-order valence-corrected chi connectivity index (χ0v) is 42.9. The monoisotopic (exact) mass is 909 g/mol. The number of unbranched alkanes of at least 4 members (excludes halogenated alkanes) is 34. The van der Waals surface area contributed by atoms with Crippen LogP contribution in [0, 0.1) is 0 Å². The molecule has 1 unspecified atom stereocenters. The van der Waals surface area contributed by atoms with Crippen LogP contribution < -0.4 is 9.47 Å². The van der Waals surface area contributed by atoms with Gasteiger partial charge in [-0.2, -0.15) is 0 Å². The molecule has 1 atom stereocenters. The Morgan fingerprint density at radius 2 is 0.797 bits per heavy atom. The molecule has 0 saturated carbocycles. The second-order valence-electron chi connectivity index (χ2n) is 19.1. The fourth-order valence-electron chi connectivity index (χ4n) is 8.73. The summed E-state index contributed by atoms with van der Waals surface area (Å²) in [6.07, 6.45) is 52.6. The highest BCUT2D eigenvalue weighted by Gasteiger charge is 2.24.